The molecule has 3 nitrogen and oxygen atoms in total. The van der Waals surface area contributed by atoms with Crippen LogP contribution in [-0.4, -0.2) is 15.5 Å². The molecule has 0 unspecified atom stereocenters. The maximum atomic E-state index is 6.00. The van der Waals surface area contributed by atoms with Crippen molar-refractivity contribution in [2.45, 2.75) is 0 Å². The average Bonchev–Trinajstić information content (AvgIpc) is 2.55. The van der Waals surface area contributed by atoms with Gasteiger partial charge in [-0.25, -0.2) is 0 Å². The normalized spacial score (nSPS) is 8.91. The molecule has 2 rings (SSSR count). The highest BCUT2D eigenvalue weighted by Crippen LogP contribution is 2.09. The van der Waals surface area contributed by atoms with E-state index in [1.165, 1.54) is 10.9 Å². The van der Waals surface area contributed by atoms with Crippen molar-refractivity contribution in [1.29, 1.82) is 0 Å². The van der Waals surface area contributed by atoms with Crippen molar-refractivity contribution >= 4 is 10.9 Å². The van der Waals surface area contributed by atoms with Crippen LogP contribution in [-0.2, 0) is 0 Å². The number of aromatic nitrogens is 1. The molecular formula is C8H9NO2. The van der Waals surface area contributed by atoms with Crippen LogP contribution < -0.4 is 0 Å². The Morgan fingerprint density at radius 2 is 1.73 bits per heavy atom. The Morgan fingerprint density at radius 1 is 1.00 bits per heavy atom. The second kappa shape index (κ2) is 3.75. The second-order valence-corrected chi connectivity index (χ2v) is 2.06. The van der Waals surface area contributed by atoms with Gasteiger partial charge in [0.15, 0.2) is 0 Å². The number of para-hydroxylation sites is 1. The summed E-state index contributed by atoms with van der Waals surface area (Å²) < 4.78 is 0. The summed E-state index contributed by atoms with van der Waals surface area (Å²) in [4.78, 5) is 3.12. The first kappa shape index (κ1) is 7.78. The average molecular weight is 151 g/mol. The van der Waals surface area contributed by atoms with E-state index in [0.29, 0.717) is 0 Å². The number of nitrogens with one attached hydrogen (secondary N) is 1. The van der Waals surface area contributed by atoms with Crippen LogP contribution in [0.25, 0.3) is 10.9 Å². The van der Waals surface area contributed by atoms with Gasteiger partial charge in [0.25, 0.3) is 0 Å². The first-order valence-corrected chi connectivity index (χ1v) is 3.19. The van der Waals surface area contributed by atoms with Crippen molar-refractivity contribution in [3.05, 3.63) is 36.5 Å². The summed E-state index contributed by atoms with van der Waals surface area (Å²) in [7, 11) is 0. The summed E-state index contributed by atoms with van der Waals surface area (Å²) >= 11 is 0. The zero-order chi connectivity index (χ0) is 8.10. The molecule has 3 heteroatoms. The molecule has 0 atom stereocenters. The van der Waals surface area contributed by atoms with E-state index >= 15 is 0 Å². The van der Waals surface area contributed by atoms with Crippen LogP contribution in [0.2, 0.25) is 0 Å². The molecule has 0 fully saturated rings. The molecule has 1 aromatic carbocycles. The van der Waals surface area contributed by atoms with E-state index in [4.69, 9.17) is 10.5 Å². The lowest BCUT2D eigenvalue weighted by molar-refractivity contribution is -0.176. The Hall–Kier alpha value is -1.32. The summed E-state index contributed by atoms with van der Waals surface area (Å²) in [6, 6.07) is 10.3. The van der Waals surface area contributed by atoms with Crippen molar-refractivity contribution in [2.24, 2.45) is 0 Å². The van der Waals surface area contributed by atoms with Crippen molar-refractivity contribution in [1.82, 2.24) is 4.98 Å². The van der Waals surface area contributed by atoms with E-state index in [1.54, 1.807) is 0 Å². The van der Waals surface area contributed by atoms with E-state index in [1.807, 2.05) is 18.3 Å². The number of hydrogen-bond donors (Lipinski definition) is 3. The molecule has 58 valence electrons. The molecule has 0 amide bonds. The van der Waals surface area contributed by atoms with Gasteiger partial charge in [-0.05, 0) is 17.5 Å². The molecule has 0 radical (unpaired) electrons. The van der Waals surface area contributed by atoms with Crippen LogP contribution >= 0.6 is 0 Å². The third-order valence-corrected chi connectivity index (χ3v) is 1.46. The van der Waals surface area contributed by atoms with E-state index in [0.717, 1.165) is 0 Å². The van der Waals surface area contributed by atoms with Gasteiger partial charge in [0.2, 0.25) is 0 Å². The monoisotopic (exact) mass is 151 g/mol. The molecule has 1 heterocycles. The third kappa shape index (κ3) is 1.58. The Labute approximate surface area is 63.8 Å². The molecule has 0 saturated heterocycles. The zero-order valence-electron chi connectivity index (χ0n) is 5.86. The standard InChI is InChI=1S/C8H7N.H2O2/c1-2-4-8-7(3-1)5-6-9-8;1-2/h1-6,9H;1-2H. The molecule has 1 aromatic heterocycles. The lowest BCUT2D eigenvalue weighted by Gasteiger charge is -1.83. The second-order valence-electron chi connectivity index (χ2n) is 2.06. The van der Waals surface area contributed by atoms with Gasteiger partial charge in [0, 0.05) is 11.7 Å². The highest BCUT2D eigenvalue weighted by Gasteiger charge is 1.86. The SMILES string of the molecule is OO.c1ccc2[nH]ccc2c1. The Bertz CT molecular complexity index is 286. The lowest BCUT2D eigenvalue weighted by Crippen LogP contribution is -1.61. The number of hydrogen-bond acceptors (Lipinski definition) is 2. The molecule has 0 saturated carbocycles. The first-order chi connectivity index (χ1) is 5.47. The van der Waals surface area contributed by atoms with E-state index in [9.17, 15) is 0 Å². The maximum absolute atomic E-state index is 6.00. The van der Waals surface area contributed by atoms with Crippen molar-refractivity contribution in [2.75, 3.05) is 0 Å². The van der Waals surface area contributed by atoms with Crippen molar-refractivity contribution in [3.63, 3.8) is 0 Å². The molecule has 2 aromatic rings. The van der Waals surface area contributed by atoms with Crippen LogP contribution in [0.15, 0.2) is 36.5 Å². The molecule has 0 aliphatic rings. The van der Waals surface area contributed by atoms with Gasteiger partial charge in [-0.3, -0.25) is 10.5 Å². The van der Waals surface area contributed by atoms with Crippen molar-refractivity contribution in [3.8, 4) is 0 Å². The smallest absolute Gasteiger partial charge is 0.0453 e. The third-order valence-electron chi connectivity index (χ3n) is 1.46. The molecule has 0 bridgehead atoms. The van der Waals surface area contributed by atoms with Gasteiger partial charge < -0.3 is 4.98 Å². The lowest BCUT2D eigenvalue weighted by atomic mass is 10.3. The maximum Gasteiger partial charge on any atom is 0.0453 e. The molecule has 0 aliphatic carbocycles. The number of aromatic amines is 1. The predicted octanol–water partition coefficient (Wildman–Crippen LogP) is 2.19. The molecule has 11 heavy (non-hydrogen) atoms. The van der Waals surface area contributed by atoms with Gasteiger partial charge >= 0.3 is 0 Å². The van der Waals surface area contributed by atoms with Crippen LogP contribution in [0.4, 0.5) is 0 Å². The van der Waals surface area contributed by atoms with E-state index < -0.39 is 0 Å². The number of fused-ring (bicyclic) bond motifs is 1. The number of rotatable bonds is 0. The summed E-state index contributed by atoms with van der Waals surface area (Å²) in [6.45, 7) is 0. The zero-order valence-corrected chi connectivity index (χ0v) is 5.86. The number of H-pyrrole nitrogens is 1. The van der Waals surface area contributed by atoms with E-state index in [-0.39, 0.29) is 0 Å². The number of benzene rings is 1. The minimum Gasteiger partial charge on any atom is -0.361 e. The van der Waals surface area contributed by atoms with Crippen LogP contribution in [0.3, 0.4) is 0 Å². The summed E-state index contributed by atoms with van der Waals surface area (Å²) in [5.74, 6) is 0. The first-order valence-electron chi connectivity index (χ1n) is 3.19. The largest absolute Gasteiger partial charge is 0.361 e. The van der Waals surface area contributed by atoms with Gasteiger partial charge in [0.1, 0.15) is 0 Å². The van der Waals surface area contributed by atoms with Crippen LogP contribution in [0.5, 0.6) is 0 Å². The minimum absolute atomic E-state index is 1.21. The Balaban J connectivity index is 0.000000281. The van der Waals surface area contributed by atoms with Gasteiger partial charge in [-0.2, -0.15) is 0 Å². The van der Waals surface area contributed by atoms with Crippen molar-refractivity contribution < 1.29 is 10.5 Å². The predicted molar refractivity (Wildman–Crippen MR) is 43.6 cm³/mol. The van der Waals surface area contributed by atoms with Crippen LogP contribution in [0.1, 0.15) is 0 Å². The molecular weight excluding hydrogens is 142 g/mol. The van der Waals surface area contributed by atoms with Gasteiger partial charge in [-0.15, -0.1) is 0 Å². The quantitative estimate of drug-likeness (QED) is 0.399. The topological polar surface area (TPSA) is 56.2 Å². The summed E-state index contributed by atoms with van der Waals surface area (Å²) in [5.41, 5.74) is 1.21. The Kier molecular flexibility index (Phi) is 2.66. The molecule has 3 N–H and O–H groups in total. The van der Waals surface area contributed by atoms with Gasteiger partial charge in [-0.1, -0.05) is 18.2 Å². The molecule has 0 spiro atoms. The summed E-state index contributed by atoms with van der Waals surface area (Å²) in [5, 5.41) is 13.3. The summed E-state index contributed by atoms with van der Waals surface area (Å²) in [6.07, 6.45) is 1.95. The van der Waals surface area contributed by atoms with E-state index in [2.05, 4.69) is 23.2 Å². The molecule has 0 aliphatic heterocycles. The highest BCUT2D eigenvalue weighted by atomic mass is 17.0. The fraction of sp³-hybridized carbons (Fsp3) is 0. The Morgan fingerprint density at radius 3 is 2.45 bits per heavy atom. The fourth-order valence-electron chi connectivity index (χ4n) is 0.995. The minimum atomic E-state index is 1.21. The van der Waals surface area contributed by atoms with Gasteiger partial charge in [0.05, 0.1) is 0 Å². The highest BCUT2D eigenvalue weighted by molar-refractivity contribution is 5.78. The van der Waals surface area contributed by atoms with Crippen LogP contribution in [0, 0.1) is 0 Å². The fourth-order valence-corrected chi connectivity index (χ4v) is 0.995.